The lowest BCUT2D eigenvalue weighted by molar-refractivity contribution is -0.182. The molecule has 8 atom stereocenters. The third-order valence-electron chi connectivity index (χ3n) is 10.0. The second-order valence-corrected chi connectivity index (χ2v) is 11.1. The molecule has 0 aromatic carbocycles. The molecule has 2 heterocycles. The van der Waals surface area contributed by atoms with E-state index >= 15 is 0 Å². The number of hydrogen-bond acceptors (Lipinski definition) is 3. The van der Waals surface area contributed by atoms with Crippen LogP contribution < -0.4 is 5.73 Å². The van der Waals surface area contributed by atoms with Crippen molar-refractivity contribution < 1.29 is 14.3 Å². The molecule has 29 heavy (non-hydrogen) atoms. The summed E-state index contributed by atoms with van der Waals surface area (Å²) in [7, 11) is 1.93. The summed E-state index contributed by atoms with van der Waals surface area (Å²) in [6.07, 6.45) is 12.7. The van der Waals surface area contributed by atoms with Crippen LogP contribution in [0.1, 0.15) is 65.2 Å². The van der Waals surface area contributed by atoms with Gasteiger partial charge in [-0.25, -0.2) is 0 Å². The Bertz CT molecular complexity index is 757. The smallest absolute Gasteiger partial charge is 0.249 e. The molecule has 5 heteroatoms. The van der Waals surface area contributed by atoms with Crippen LogP contribution in [0.4, 0.5) is 0 Å². The molecule has 5 nitrogen and oxygen atoms in total. The van der Waals surface area contributed by atoms with Crippen LogP contribution in [0.15, 0.2) is 12.2 Å². The fraction of sp³-hybridized carbons (Fsp3) is 0.833. The molecular weight excluding hydrogens is 364 g/mol. The van der Waals surface area contributed by atoms with Crippen LogP contribution >= 0.6 is 0 Å². The first-order chi connectivity index (χ1) is 13.7. The summed E-state index contributed by atoms with van der Waals surface area (Å²) >= 11 is 0. The highest BCUT2D eigenvalue weighted by molar-refractivity contribution is 5.89. The Morgan fingerprint density at radius 2 is 1.93 bits per heavy atom. The first kappa shape index (κ1) is 19.6. The first-order valence-corrected chi connectivity index (χ1v) is 11.6. The Morgan fingerprint density at radius 1 is 1.14 bits per heavy atom. The SMILES string of the molecule is CN1C(=O)C=C[C@@]2(C)C1CC(C1(C(N)=O)CCCO1)[C@@H]1[C@H]2CC[C@]2(C)CCC[C@@H]12. The average Bonchev–Trinajstić information content (AvgIpc) is 3.32. The Kier molecular flexibility index (Phi) is 4.27. The van der Waals surface area contributed by atoms with Gasteiger partial charge in [0.15, 0.2) is 0 Å². The number of amides is 2. The number of hydrogen-bond donors (Lipinski definition) is 1. The van der Waals surface area contributed by atoms with Crippen LogP contribution in [-0.4, -0.2) is 42.0 Å². The van der Waals surface area contributed by atoms with Gasteiger partial charge in [-0.15, -0.1) is 0 Å². The maximum atomic E-state index is 12.9. The first-order valence-electron chi connectivity index (χ1n) is 11.6. The van der Waals surface area contributed by atoms with Crippen molar-refractivity contribution in [1.29, 1.82) is 0 Å². The number of rotatable bonds is 2. The Balaban J connectivity index is 1.65. The molecule has 0 aromatic rings. The van der Waals surface area contributed by atoms with Crippen molar-refractivity contribution in [3.8, 4) is 0 Å². The van der Waals surface area contributed by atoms with Gasteiger partial charge in [-0.05, 0) is 74.2 Å². The predicted molar refractivity (Wildman–Crippen MR) is 111 cm³/mol. The van der Waals surface area contributed by atoms with Gasteiger partial charge < -0.3 is 15.4 Å². The maximum absolute atomic E-state index is 12.9. The maximum Gasteiger partial charge on any atom is 0.249 e. The molecule has 3 aliphatic carbocycles. The highest BCUT2D eigenvalue weighted by atomic mass is 16.5. The number of carbonyl (C=O) groups excluding carboxylic acids is 2. The van der Waals surface area contributed by atoms with Crippen molar-refractivity contribution in [2.24, 2.45) is 40.2 Å². The van der Waals surface area contributed by atoms with Crippen molar-refractivity contribution in [3.05, 3.63) is 12.2 Å². The van der Waals surface area contributed by atoms with Crippen molar-refractivity contribution >= 4 is 11.8 Å². The number of fused-ring (bicyclic) bond motifs is 5. The number of carbonyl (C=O) groups is 2. The van der Waals surface area contributed by atoms with Crippen molar-refractivity contribution in [1.82, 2.24) is 4.90 Å². The molecule has 0 radical (unpaired) electrons. The standard InChI is InChI=1S/C24H36N2O3/c1-22-9-4-6-15(22)20-16(7-11-22)23(2)12-8-19(27)26(3)18(23)14-17(20)24(21(25)28)10-5-13-29-24/h8,12,15-18,20H,4-7,9-11,13-14H2,1-3H3,(H2,25,28)/t15-,16+,17?,18?,20-,22-,23+,24?/m0/s1. The van der Waals surface area contributed by atoms with E-state index in [0.717, 1.165) is 19.3 Å². The van der Waals surface area contributed by atoms with Crippen molar-refractivity contribution in [2.45, 2.75) is 76.9 Å². The number of nitrogens with two attached hydrogens (primary N) is 1. The van der Waals surface area contributed by atoms with Crippen molar-refractivity contribution in [3.63, 3.8) is 0 Å². The fourth-order valence-corrected chi connectivity index (χ4v) is 8.53. The van der Waals surface area contributed by atoms with E-state index in [4.69, 9.17) is 10.5 Å². The zero-order valence-electron chi connectivity index (χ0n) is 18.2. The van der Waals surface area contributed by atoms with E-state index in [1.54, 1.807) is 6.08 Å². The summed E-state index contributed by atoms with van der Waals surface area (Å²) in [6, 6.07) is 0.109. The number of ether oxygens (including phenoxy) is 1. The molecule has 3 unspecified atom stereocenters. The highest BCUT2D eigenvalue weighted by Gasteiger charge is 2.66. The van der Waals surface area contributed by atoms with Crippen LogP contribution in [0.2, 0.25) is 0 Å². The number of primary amides is 1. The van der Waals surface area contributed by atoms with E-state index in [-0.39, 0.29) is 29.2 Å². The molecule has 5 aliphatic rings. The molecular formula is C24H36N2O3. The van der Waals surface area contributed by atoms with Gasteiger partial charge >= 0.3 is 0 Å². The zero-order valence-corrected chi connectivity index (χ0v) is 18.2. The van der Waals surface area contributed by atoms with Gasteiger partial charge in [-0.2, -0.15) is 0 Å². The lowest BCUT2D eigenvalue weighted by atomic mass is 9.44. The predicted octanol–water partition coefficient (Wildman–Crippen LogP) is 3.28. The third kappa shape index (κ3) is 2.49. The molecule has 2 N–H and O–H groups in total. The van der Waals surface area contributed by atoms with Crippen LogP contribution in [0.5, 0.6) is 0 Å². The Hall–Kier alpha value is -1.36. The van der Waals surface area contributed by atoms with Crippen molar-refractivity contribution in [2.75, 3.05) is 13.7 Å². The molecule has 1 saturated heterocycles. The van der Waals surface area contributed by atoms with E-state index in [9.17, 15) is 9.59 Å². The molecule has 0 bridgehead atoms. The minimum absolute atomic E-state index is 0.0365. The van der Waals surface area contributed by atoms with E-state index < -0.39 is 5.60 Å². The molecule has 2 aliphatic heterocycles. The molecule has 5 rings (SSSR count). The normalized spacial score (nSPS) is 51.5. The minimum Gasteiger partial charge on any atom is -0.367 e. The molecule has 2 amide bonds. The van der Waals surface area contributed by atoms with E-state index in [1.165, 1.54) is 32.1 Å². The van der Waals surface area contributed by atoms with E-state index in [0.29, 0.717) is 29.8 Å². The van der Waals surface area contributed by atoms with E-state index in [1.807, 2.05) is 11.9 Å². The quantitative estimate of drug-likeness (QED) is 0.773. The van der Waals surface area contributed by atoms with Gasteiger partial charge in [-0.1, -0.05) is 26.3 Å². The van der Waals surface area contributed by atoms with Gasteiger partial charge in [0.25, 0.3) is 0 Å². The molecule has 0 aromatic heterocycles. The summed E-state index contributed by atoms with van der Waals surface area (Å²) < 4.78 is 6.25. The van der Waals surface area contributed by atoms with Gasteiger partial charge in [0.1, 0.15) is 5.60 Å². The third-order valence-corrected chi connectivity index (χ3v) is 10.0. The summed E-state index contributed by atoms with van der Waals surface area (Å²) in [5.74, 6) is 1.43. The number of nitrogens with zero attached hydrogens (tertiary/aromatic N) is 1. The van der Waals surface area contributed by atoms with Gasteiger partial charge in [0.05, 0.1) is 0 Å². The summed E-state index contributed by atoms with van der Waals surface area (Å²) in [6.45, 7) is 5.45. The summed E-state index contributed by atoms with van der Waals surface area (Å²) in [5, 5.41) is 0. The van der Waals surface area contributed by atoms with Gasteiger partial charge in [0.2, 0.25) is 11.8 Å². The molecule has 3 saturated carbocycles. The lowest BCUT2D eigenvalue weighted by Gasteiger charge is -2.64. The zero-order chi connectivity index (χ0) is 20.6. The molecule has 0 spiro atoms. The van der Waals surface area contributed by atoms with Crippen LogP contribution in [0.25, 0.3) is 0 Å². The van der Waals surface area contributed by atoms with Crippen LogP contribution in [0, 0.1) is 34.5 Å². The highest BCUT2D eigenvalue weighted by Crippen LogP contribution is 2.67. The summed E-state index contributed by atoms with van der Waals surface area (Å²) in [5.41, 5.74) is 5.55. The Labute approximate surface area is 174 Å². The minimum atomic E-state index is -0.851. The van der Waals surface area contributed by atoms with Crippen LogP contribution in [0.3, 0.4) is 0 Å². The second-order valence-electron chi connectivity index (χ2n) is 11.1. The van der Waals surface area contributed by atoms with Gasteiger partial charge in [0, 0.05) is 31.0 Å². The number of likely N-dealkylation sites (N-methyl/N-ethyl adjacent to an activating group) is 1. The average molecular weight is 401 g/mol. The summed E-state index contributed by atoms with van der Waals surface area (Å²) in [4.78, 5) is 27.3. The van der Waals surface area contributed by atoms with Crippen LogP contribution in [-0.2, 0) is 14.3 Å². The second kappa shape index (κ2) is 6.32. The largest absolute Gasteiger partial charge is 0.367 e. The van der Waals surface area contributed by atoms with Gasteiger partial charge in [-0.3, -0.25) is 9.59 Å². The lowest BCUT2D eigenvalue weighted by Crippen LogP contribution is -2.66. The fourth-order valence-electron chi connectivity index (χ4n) is 8.53. The topological polar surface area (TPSA) is 72.6 Å². The molecule has 4 fully saturated rings. The Morgan fingerprint density at radius 3 is 2.62 bits per heavy atom. The molecule has 160 valence electrons. The van der Waals surface area contributed by atoms with E-state index in [2.05, 4.69) is 19.9 Å². The monoisotopic (exact) mass is 400 g/mol.